The molecule has 2 atom stereocenters. The first-order chi connectivity index (χ1) is 31.3. The topological polar surface area (TPSA) is 78.9 Å². The molecule has 0 N–H and O–H groups in total. The molecule has 0 aliphatic carbocycles. The lowest BCUT2D eigenvalue weighted by atomic mass is 9.99. The van der Waals surface area contributed by atoms with Crippen LogP contribution in [0.3, 0.4) is 0 Å². The van der Waals surface area contributed by atoms with Gasteiger partial charge in [-0.05, 0) is 31.1 Å². The van der Waals surface area contributed by atoms with Crippen molar-refractivity contribution in [3.8, 4) is 0 Å². The van der Waals surface area contributed by atoms with E-state index in [2.05, 4.69) is 34.6 Å². The molecule has 0 fully saturated rings. The van der Waals surface area contributed by atoms with Crippen LogP contribution in [0.5, 0.6) is 0 Å². The van der Waals surface area contributed by atoms with Gasteiger partial charge in [-0.1, -0.05) is 285 Å². The molecule has 0 aromatic heterocycles. The van der Waals surface area contributed by atoms with Crippen LogP contribution in [0, 0.1) is 11.8 Å². The molecule has 6 heteroatoms. The molecule has 0 heterocycles. The molecule has 1 unspecified atom stereocenters. The molecule has 380 valence electrons. The van der Waals surface area contributed by atoms with Gasteiger partial charge in [0.1, 0.15) is 13.2 Å². The minimum atomic E-state index is -0.763. The summed E-state index contributed by atoms with van der Waals surface area (Å²) >= 11 is 0. The number of carbonyl (C=O) groups excluding carboxylic acids is 3. The van der Waals surface area contributed by atoms with Gasteiger partial charge in [0.2, 0.25) is 0 Å². The third-order valence-corrected chi connectivity index (χ3v) is 13.6. The number of carbonyl (C=O) groups is 3. The van der Waals surface area contributed by atoms with Crippen LogP contribution in [-0.4, -0.2) is 37.2 Å². The number of hydrogen-bond acceptors (Lipinski definition) is 6. The molecular formula is C58H112O6. The quantitative estimate of drug-likeness (QED) is 0.0344. The van der Waals surface area contributed by atoms with Crippen LogP contribution in [0.15, 0.2) is 0 Å². The van der Waals surface area contributed by atoms with Gasteiger partial charge in [-0.25, -0.2) is 0 Å². The lowest BCUT2D eigenvalue weighted by Crippen LogP contribution is -2.30. The molecule has 0 radical (unpaired) electrons. The van der Waals surface area contributed by atoms with E-state index in [4.69, 9.17) is 14.2 Å². The van der Waals surface area contributed by atoms with E-state index in [-0.39, 0.29) is 31.1 Å². The first-order valence-corrected chi connectivity index (χ1v) is 28.8. The highest BCUT2D eigenvalue weighted by molar-refractivity contribution is 5.71. The normalized spacial score (nSPS) is 12.5. The van der Waals surface area contributed by atoms with Gasteiger partial charge >= 0.3 is 17.9 Å². The monoisotopic (exact) mass is 905 g/mol. The summed E-state index contributed by atoms with van der Waals surface area (Å²) in [6.45, 7) is 11.4. The molecular weight excluding hydrogens is 793 g/mol. The Balaban J connectivity index is 4.21. The second-order valence-corrected chi connectivity index (χ2v) is 20.6. The first kappa shape index (κ1) is 62.4. The van der Waals surface area contributed by atoms with Crippen LogP contribution in [0.4, 0.5) is 0 Å². The fourth-order valence-electron chi connectivity index (χ4n) is 8.84. The minimum absolute atomic E-state index is 0.0638. The standard InChI is InChI=1S/C58H112O6/c1-6-8-9-10-11-12-13-14-15-16-17-18-19-24-27-30-33-40-45-50-58(61)64-55(52-63-57(60)49-44-39-35-34-36-41-46-53(3)4)51-62-56(59)48-43-38-32-29-26-23-21-20-22-25-28-31-37-42-47-54(5)7-2/h53-55H,6-52H2,1-5H3/t54?,55-/m1/s1. The second-order valence-electron chi connectivity index (χ2n) is 20.6. The predicted octanol–water partition coefficient (Wildman–Crippen LogP) is 18.9. The largest absolute Gasteiger partial charge is 0.462 e. The van der Waals surface area contributed by atoms with Crippen molar-refractivity contribution in [3.05, 3.63) is 0 Å². The Bertz CT molecular complexity index is 980. The minimum Gasteiger partial charge on any atom is -0.462 e. The van der Waals surface area contributed by atoms with E-state index in [1.54, 1.807) is 0 Å². The van der Waals surface area contributed by atoms with Gasteiger partial charge in [-0.15, -0.1) is 0 Å². The third-order valence-electron chi connectivity index (χ3n) is 13.6. The summed E-state index contributed by atoms with van der Waals surface area (Å²) in [6.07, 6.45) is 53.9. The Morgan fingerprint density at radius 3 is 0.891 bits per heavy atom. The Morgan fingerprint density at radius 1 is 0.328 bits per heavy atom. The Labute approximate surface area is 399 Å². The van der Waals surface area contributed by atoms with E-state index in [1.165, 1.54) is 212 Å². The molecule has 0 aromatic carbocycles. The van der Waals surface area contributed by atoms with Crippen LogP contribution in [0.1, 0.15) is 324 Å². The molecule has 0 bridgehead atoms. The van der Waals surface area contributed by atoms with Gasteiger partial charge in [0.25, 0.3) is 0 Å². The summed E-state index contributed by atoms with van der Waals surface area (Å²) < 4.78 is 16.8. The summed E-state index contributed by atoms with van der Waals surface area (Å²) in [5.41, 5.74) is 0. The number of unbranched alkanes of at least 4 members (excludes halogenated alkanes) is 36. The van der Waals surface area contributed by atoms with E-state index >= 15 is 0 Å². The second kappa shape index (κ2) is 50.8. The number of ether oxygens (including phenoxy) is 3. The summed E-state index contributed by atoms with van der Waals surface area (Å²) in [5, 5.41) is 0. The SMILES string of the molecule is CCCCCCCCCCCCCCCCCCCCCC(=O)O[C@H](COC(=O)CCCCCCCCCCCCCCCCC(C)CC)COC(=O)CCCCCCCCC(C)C. The smallest absolute Gasteiger partial charge is 0.306 e. The molecule has 0 saturated carbocycles. The van der Waals surface area contributed by atoms with Gasteiger partial charge in [0, 0.05) is 19.3 Å². The molecule has 0 aliphatic rings. The van der Waals surface area contributed by atoms with Gasteiger partial charge in [-0.2, -0.15) is 0 Å². The van der Waals surface area contributed by atoms with Crippen LogP contribution in [-0.2, 0) is 28.6 Å². The maximum absolute atomic E-state index is 12.8. The lowest BCUT2D eigenvalue weighted by Gasteiger charge is -2.18. The Kier molecular flexibility index (Phi) is 49.6. The first-order valence-electron chi connectivity index (χ1n) is 28.8. The molecule has 0 amide bonds. The highest BCUT2D eigenvalue weighted by atomic mass is 16.6. The van der Waals surface area contributed by atoms with Gasteiger partial charge in [0.05, 0.1) is 0 Å². The maximum Gasteiger partial charge on any atom is 0.306 e. The average molecular weight is 906 g/mol. The molecule has 0 saturated heterocycles. The molecule has 0 aliphatic heterocycles. The van der Waals surface area contributed by atoms with Crippen LogP contribution < -0.4 is 0 Å². The van der Waals surface area contributed by atoms with Crippen molar-refractivity contribution in [1.82, 2.24) is 0 Å². The van der Waals surface area contributed by atoms with Crippen molar-refractivity contribution in [1.29, 1.82) is 0 Å². The molecule has 0 aromatic rings. The Morgan fingerprint density at radius 2 is 0.594 bits per heavy atom. The van der Waals surface area contributed by atoms with Gasteiger partial charge in [-0.3, -0.25) is 14.4 Å². The van der Waals surface area contributed by atoms with Crippen molar-refractivity contribution in [2.24, 2.45) is 11.8 Å². The van der Waals surface area contributed by atoms with E-state index in [0.29, 0.717) is 19.3 Å². The molecule has 6 nitrogen and oxygen atoms in total. The summed E-state index contributed by atoms with van der Waals surface area (Å²) in [7, 11) is 0. The lowest BCUT2D eigenvalue weighted by molar-refractivity contribution is -0.167. The zero-order valence-electron chi connectivity index (χ0n) is 43.9. The average Bonchev–Trinajstić information content (AvgIpc) is 3.28. The van der Waals surface area contributed by atoms with Crippen LogP contribution >= 0.6 is 0 Å². The van der Waals surface area contributed by atoms with E-state index < -0.39 is 6.10 Å². The predicted molar refractivity (Wildman–Crippen MR) is 275 cm³/mol. The van der Waals surface area contributed by atoms with Crippen molar-refractivity contribution < 1.29 is 28.6 Å². The van der Waals surface area contributed by atoms with Crippen LogP contribution in [0.25, 0.3) is 0 Å². The van der Waals surface area contributed by atoms with E-state index in [0.717, 1.165) is 69.6 Å². The van der Waals surface area contributed by atoms with E-state index in [1.807, 2.05) is 0 Å². The van der Waals surface area contributed by atoms with Crippen LogP contribution in [0.2, 0.25) is 0 Å². The zero-order valence-corrected chi connectivity index (χ0v) is 43.9. The fraction of sp³-hybridized carbons (Fsp3) is 0.948. The number of esters is 3. The number of rotatable bonds is 52. The zero-order chi connectivity index (χ0) is 46.8. The molecule has 0 rings (SSSR count). The number of hydrogen-bond donors (Lipinski definition) is 0. The summed E-state index contributed by atoms with van der Waals surface area (Å²) in [4.78, 5) is 38.0. The summed E-state index contributed by atoms with van der Waals surface area (Å²) in [5.74, 6) is 0.813. The molecule has 0 spiro atoms. The summed E-state index contributed by atoms with van der Waals surface area (Å²) in [6, 6.07) is 0. The van der Waals surface area contributed by atoms with Crippen molar-refractivity contribution in [3.63, 3.8) is 0 Å². The molecule has 64 heavy (non-hydrogen) atoms. The van der Waals surface area contributed by atoms with Crippen molar-refractivity contribution in [2.75, 3.05) is 13.2 Å². The van der Waals surface area contributed by atoms with Crippen molar-refractivity contribution in [2.45, 2.75) is 330 Å². The highest BCUT2D eigenvalue weighted by Crippen LogP contribution is 2.18. The fourth-order valence-corrected chi connectivity index (χ4v) is 8.84. The third kappa shape index (κ3) is 49.8. The van der Waals surface area contributed by atoms with Crippen molar-refractivity contribution >= 4 is 17.9 Å². The highest BCUT2D eigenvalue weighted by Gasteiger charge is 2.19. The Hall–Kier alpha value is -1.59. The maximum atomic E-state index is 12.8. The van der Waals surface area contributed by atoms with Gasteiger partial charge < -0.3 is 14.2 Å². The van der Waals surface area contributed by atoms with E-state index in [9.17, 15) is 14.4 Å². The van der Waals surface area contributed by atoms with Gasteiger partial charge in [0.15, 0.2) is 6.10 Å².